The third-order valence-corrected chi connectivity index (χ3v) is 10.6. The Hall–Kier alpha value is -5.20. The van der Waals surface area contributed by atoms with Gasteiger partial charge in [0.25, 0.3) is 0 Å². The maximum atomic E-state index is 2.51. The lowest BCUT2D eigenvalue weighted by Gasteiger charge is -2.19. The van der Waals surface area contributed by atoms with Crippen molar-refractivity contribution in [1.82, 2.24) is 0 Å². The van der Waals surface area contributed by atoms with Crippen LogP contribution >= 0.6 is 0 Å². The maximum absolute atomic E-state index is 2.51. The Labute approximate surface area is 305 Å². The highest BCUT2D eigenvalue weighted by atomic mass is 14.2. The summed E-state index contributed by atoms with van der Waals surface area (Å²) in [5, 5.41) is 10.9. The van der Waals surface area contributed by atoms with Gasteiger partial charge in [-0.2, -0.15) is 0 Å². The van der Waals surface area contributed by atoms with Gasteiger partial charge in [-0.05, 0) is 146 Å². The fourth-order valence-corrected chi connectivity index (χ4v) is 7.93. The summed E-state index contributed by atoms with van der Waals surface area (Å²) in [4.78, 5) is 0. The number of hydrogen-bond acceptors (Lipinski definition) is 0. The van der Waals surface area contributed by atoms with Gasteiger partial charge in [-0.25, -0.2) is 0 Å². The highest BCUT2D eigenvalue weighted by molar-refractivity contribution is 5.94. The fourth-order valence-electron chi connectivity index (χ4n) is 7.93. The van der Waals surface area contributed by atoms with Gasteiger partial charge in [0.05, 0.1) is 0 Å². The molecule has 0 aliphatic heterocycles. The van der Waals surface area contributed by atoms with E-state index in [0.717, 1.165) is 19.3 Å². The van der Waals surface area contributed by atoms with Crippen molar-refractivity contribution < 1.29 is 0 Å². The molecule has 0 saturated carbocycles. The Morgan fingerprint density at radius 2 is 0.549 bits per heavy atom. The molecular formula is C51H52. The van der Waals surface area contributed by atoms with E-state index in [1.165, 1.54) is 98.7 Å². The molecule has 8 aromatic rings. The summed E-state index contributed by atoms with van der Waals surface area (Å²) in [6.45, 7) is 17.1. The average Bonchev–Trinajstić information content (AvgIpc) is 3.19. The molecule has 0 aliphatic rings. The van der Waals surface area contributed by atoms with Crippen LogP contribution in [0.2, 0.25) is 0 Å². The second kappa shape index (κ2) is 15.8. The Kier molecular flexibility index (Phi) is 11.0. The van der Waals surface area contributed by atoms with Crippen molar-refractivity contribution in [2.24, 2.45) is 0 Å². The minimum absolute atomic E-state index is 0.904. The van der Waals surface area contributed by atoms with Crippen LogP contribution in [0.5, 0.6) is 0 Å². The Balaban J connectivity index is 0.00000108. The van der Waals surface area contributed by atoms with Gasteiger partial charge in [-0.1, -0.05) is 161 Å². The molecular weight excluding hydrogens is 613 g/mol. The Morgan fingerprint density at radius 1 is 0.275 bits per heavy atom. The number of fused-ring (bicyclic) bond motifs is 4. The first-order chi connectivity index (χ1) is 25.0. The molecule has 0 saturated heterocycles. The van der Waals surface area contributed by atoms with Crippen LogP contribution in [-0.2, 0) is 19.3 Å². The molecule has 0 amide bonds. The number of benzene rings is 8. The predicted molar refractivity (Wildman–Crippen MR) is 226 cm³/mol. The maximum Gasteiger partial charge on any atom is -0.00133 e. The van der Waals surface area contributed by atoms with E-state index in [1.54, 1.807) is 0 Å². The van der Waals surface area contributed by atoms with Crippen LogP contribution in [0.15, 0.2) is 133 Å². The first-order valence-electron chi connectivity index (χ1n) is 18.9. The number of rotatable bonds is 6. The summed E-state index contributed by atoms with van der Waals surface area (Å²) < 4.78 is 0. The molecule has 0 bridgehead atoms. The van der Waals surface area contributed by atoms with Crippen molar-refractivity contribution >= 4 is 43.1 Å². The molecule has 256 valence electrons. The second-order valence-corrected chi connectivity index (χ2v) is 13.4. The minimum Gasteiger partial charge on any atom is -0.0683 e. The summed E-state index contributed by atoms with van der Waals surface area (Å²) >= 11 is 0. The topological polar surface area (TPSA) is 0 Å². The van der Waals surface area contributed by atoms with Gasteiger partial charge in [0.1, 0.15) is 0 Å². The molecule has 0 N–H and O–H groups in total. The van der Waals surface area contributed by atoms with E-state index in [9.17, 15) is 0 Å². The normalized spacial score (nSPS) is 11.0. The van der Waals surface area contributed by atoms with Crippen LogP contribution < -0.4 is 0 Å². The first kappa shape index (κ1) is 35.6. The summed E-state index contributed by atoms with van der Waals surface area (Å²) in [6, 6.07) is 50.0. The zero-order valence-corrected chi connectivity index (χ0v) is 31.8. The van der Waals surface area contributed by atoms with Crippen molar-refractivity contribution in [3.63, 3.8) is 0 Å². The lowest BCUT2D eigenvalue weighted by atomic mass is 9.85. The van der Waals surface area contributed by atoms with E-state index in [4.69, 9.17) is 0 Å². The average molecular weight is 665 g/mol. The summed E-state index contributed by atoms with van der Waals surface area (Å²) in [5.41, 5.74) is 13.9. The molecule has 0 fully saturated rings. The summed E-state index contributed by atoms with van der Waals surface area (Å²) in [7, 11) is 0. The zero-order chi connectivity index (χ0) is 36.1. The lowest BCUT2D eigenvalue weighted by molar-refractivity contribution is 1.12. The molecule has 0 aliphatic carbocycles. The third-order valence-electron chi connectivity index (χ3n) is 10.6. The van der Waals surface area contributed by atoms with E-state index in [-0.39, 0.29) is 0 Å². The van der Waals surface area contributed by atoms with E-state index in [2.05, 4.69) is 161 Å². The Bertz CT molecular complexity index is 2480. The number of hydrogen-bond donors (Lipinski definition) is 0. The van der Waals surface area contributed by atoms with Gasteiger partial charge in [-0.15, -0.1) is 0 Å². The van der Waals surface area contributed by atoms with E-state index < -0.39 is 0 Å². The van der Waals surface area contributed by atoms with Gasteiger partial charge in [-0.3, -0.25) is 0 Å². The van der Waals surface area contributed by atoms with Crippen molar-refractivity contribution in [1.29, 1.82) is 0 Å². The predicted octanol–water partition coefficient (Wildman–Crippen LogP) is 14.4. The van der Waals surface area contributed by atoms with Gasteiger partial charge in [0.2, 0.25) is 0 Å². The molecule has 0 radical (unpaired) electrons. The van der Waals surface area contributed by atoms with Crippen LogP contribution in [0.1, 0.15) is 83.3 Å². The van der Waals surface area contributed by atoms with Crippen LogP contribution in [0.25, 0.3) is 43.1 Å². The first-order valence-corrected chi connectivity index (χ1v) is 18.9. The molecule has 8 aromatic carbocycles. The molecule has 0 atom stereocenters. The standard InChI is InChI=1S/C47H40.2C2H6/c1-30-21-23-34(44-17-9-5-13-40(30)44)25-36-27-39(47-20-12-8-15-42(47)32(36)3)29-37-28-38(46-19-11-7-16-43(46)33(37)4)26-35-24-22-31(2)41-14-6-10-18-45(35)41;2*1-2/h5-24,27-28H,25-26,29H2,1-4H3;2*1-2H3. The smallest absolute Gasteiger partial charge is 0.00133 e. The monoisotopic (exact) mass is 664 g/mol. The van der Waals surface area contributed by atoms with Gasteiger partial charge in [0.15, 0.2) is 0 Å². The molecule has 0 unspecified atom stereocenters. The van der Waals surface area contributed by atoms with Crippen molar-refractivity contribution in [3.8, 4) is 0 Å². The highest BCUT2D eigenvalue weighted by Crippen LogP contribution is 2.35. The zero-order valence-electron chi connectivity index (χ0n) is 31.8. The molecule has 0 aromatic heterocycles. The van der Waals surface area contributed by atoms with Crippen molar-refractivity contribution in [2.45, 2.75) is 74.7 Å². The largest absolute Gasteiger partial charge is 0.0683 e. The second-order valence-electron chi connectivity index (χ2n) is 13.4. The lowest BCUT2D eigenvalue weighted by Crippen LogP contribution is -2.02. The summed E-state index contributed by atoms with van der Waals surface area (Å²) in [6.07, 6.45) is 2.74. The molecule has 51 heavy (non-hydrogen) atoms. The van der Waals surface area contributed by atoms with E-state index in [1.807, 2.05) is 27.7 Å². The molecule has 8 rings (SSSR count). The molecule has 0 nitrogen and oxygen atoms in total. The minimum atomic E-state index is 0.904. The van der Waals surface area contributed by atoms with Crippen LogP contribution in [0.3, 0.4) is 0 Å². The number of aryl methyl sites for hydroxylation is 4. The molecule has 0 heterocycles. The third kappa shape index (κ3) is 6.93. The van der Waals surface area contributed by atoms with E-state index in [0.29, 0.717) is 0 Å². The molecule has 0 heteroatoms. The quantitative estimate of drug-likeness (QED) is 0.166. The van der Waals surface area contributed by atoms with Gasteiger partial charge in [0, 0.05) is 0 Å². The SMILES string of the molecule is CC.CC.Cc1ccc(Cc2cc(Cc3cc(Cc4ccc(C)c5ccccc45)c4ccccc4c3C)c3ccccc3c2C)c2ccccc12. The van der Waals surface area contributed by atoms with Crippen molar-refractivity contribution in [3.05, 3.63) is 189 Å². The van der Waals surface area contributed by atoms with Crippen LogP contribution in [0, 0.1) is 27.7 Å². The van der Waals surface area contributed by atoms with Gasteiger partial charge < -0.3 is 0 Å². The summed E-state index contributed by atoms with van der Waals surface area (Å²) in [5.74, 6) is 0. The van der Waals surface area contributed by atoms with Crippen molar-refractivity contribution in [2.75, 3.05) is 0 Å². The van der Waals surface area contributed by atoms with E-state index >= 15 is 0 Å². The fraction of sp³-hybridized carbons (Fsp3) is 0.216. The van der Waals surface area contributed by atoms with Gasteiger partial charge >= 0.3 is 0 Å². The highest BCUT2D eigenvalue weighted by Gasteiger charge is 2.16. The van der Waals surface area contributed by atoms with Crippen LogP contribution in [-0.4, -0.2) is 0 Å². The van der Waals surface area contributed by atoms with Crippen LogP contribution in [0.4, 0.5) is 0 Å². The Morgan fingerprint density at radius 3 is 0.922 bits per heavy atom. The molecule has 0 spiro atoms.